The monoisotopic (exact) mass is 395 g/mol. The number of rotatable bonds is 7. The topological polar surface area (TPSA) is 79.2 Å². The minimum absolute atomic E-state index is 0.106. The SMILES string of the molecule is CC(C)NC[C@@H](O)CCN1c2ccccc2N(c2ccccc2F)S1(O)O. The molecule has 148 valence electrons. The molecule has 3 rings (SSSR count). The van der Waals surface area contributed by atoms with E-state index in [2.05, 4.69) is 5.32 Å². The van der Waals surface area contributed by atoms with Crippen LogP contribution in [0.15, 0.2) is 48.5 Å². The van der Waals surface area contributed by atoms with Gasteiger partial charge in [-0.3, -0.25) is 13.4 Å². The van der Waals surface area contributed by atoms with Gasteiger partial charge in [-0.15, -0.1) is 0 Å². The number of para-hydroxylation sites is 3. The molecule has 4 N–H and O–H groups in total. The molecule has 0 saturated heterocycles. The lowest BCUT2D eigenvalue weighted by Crippen LogP contribution is -2.36. The standard InChI is InChI=1S/C19H26FN3O3S/c1-14(2)21-13-15(24)11-12-22-18-9-5-6-10-19(18)23(27(22,25)26)17-8-4-3-7-16(17)20/h3-10,14-15,21,24-26H,11-13H2,1-2H3/t15-/m0/s1. The van der Waals surface area contributed by atoms with Crippen LogP contribution in [0.2, 0.25) is 0 Å². The number of nitrogens with zero attached hydrogens (tertiary/aromatic N) is 2. The van der Waals surface area contributed by atoms with E-state index in [1.807, 2.05) is 13.8 Å². The van der Waals surface area contributed by atoms with E-state index in [-0.39, 0.29) is 18.3 Å². The summed E-state index contributed by atoms with van der Waals surface area (Å²) < 4.78 is 39.0. The molecule has 6 nitrogen and oxygen atoms in total. The molecule has 1 heterocycles. The summed E-state index contributed by atoms with van der Waals surface area (Å²) >= 11 is 0. The van der Waals surface area contributed by atoms with Gasteiger partial charge in [0.25, 0.3) is 0 Å². The van der Waals surface area contributed by atoms with Gasteiger partial charge in [0.2, 0.25) is 0 Å². The van der Waals surface area contributed by atoms with Crippen molar-refractivity contribution in [3.63, 3.8) is 0 Å². The predicted molar refractivity (Wildman–Crippen MR) is 109 cm³/mol. The Bertz CT molecular complexity index is 790. The molecular weight excluding hydrogens is 369 g/mol. The van der Waals surface area contributed by atoms with Crippen molar-refractivity contribution in [2.45, 2.75) is 32.4 Å². The lowest BCUT2D eigenvalue weighted by Gasteiger charge is -2.44. The molecule has 2 aromatic carbocycles. The van der Waals surface area contributed by atoms with Crippen molar-refractivity contribution in [2.75, 3.05) is 21.7 Å². The van der Waals surface area contributed by atoms with Gasteiger partial charge in [-0.05, 0) is 41.6 Å². The maximum atomic E-state index is 14.4. The van der Waals surface area contributed by atoms with E-state index in [4.69, 9.17) is 0 Å². The normalized spacial score (nSPS) is 17.9. The average molecular weight is 396 g/mol. The quantitative estimate of drug-likeness (QED) is 0.565. The van der Waals surface area contributed by atoms with Crippen molar-refractivity contribution in [3.05, 3.63) is 54.3 Å². The largest absolute Gasteiger partial charge is 0.392 e. The van der Waals surface area contributed by atoms with Gasteiger partial charge >= 0.3 is 0 Å². The second-order valence-corrected chi connectivity index (χ2v) is 8.62. The van der Waals surface area contributed by atoms with Crippen LogP contribution in [0.1, 0.15) is 20.3 Å². The highest BCUT2D eigenvalue weighted by Crippen LogP contribution is 2.64. The van der Waals surface area contributed by atoms with Crippen LogP contribution in [-0.4, -0.2) is 39.4 Å². The molecule has 27 heavy (non-hydrogen) atoms. The van der Waals surface area contributed by atoms with E-state index in [0.29, 0.717) is 24.3 Å². The fourth-order valence-electron chi connectivity index (χ4n) is 3.07. The number of aliphatic hydroxyl groups is 1. The first-order chi connectivity index (χ1) is 12.8. The predicted octanol–water partition coefficient (Wildman–Crippen LogP) is 4.11. The highest BCUT2D eigenvalue weighted by molar-refractivity contribution is 8.27. The summed E-state index contributed by atoms with van der Waals surface area (Å²) in [4.78, 5) is 0. The molecule has 1 atom stereocenters. The number of nitrogens with one attached hydrogen (secondary N) is 1. The van der Waals surface area contributed by atoms with Gasteiger partial charge in [0.15, 0.2) is 0 Å². The third-order valence-corrected chi connectivity index (χ3v) is 6.26. The Morgan fingerprint density at radius 2 is 1.59 bits per heavy atom. The summed E-state index contributed by atoms with van der Waals surface area (Å²) in [6.45, 7) is 4.63. The second-order valence-electron chi connectivity index (χ2n) is 6.83. The van der Waals surface area contributed by atoms with E-state index in [9.17, 15) is 18.6 Å². The lowest BCUT2D eigenvalue weighted by molar-refractivity contribution is 0.161. The van der Waals surface area contributed by atoms with Crippen molar-refractivity contribution in [2.24, 2.45) is 0 Å². The van der Waals surface area contributed by atoms with Crippen LogP contribution in [0.5, 0.6) is 0 Å². The van der Waals surface area contributed by atoms with Crippen molar-refractivity contribution >= 4 is 28.0 Å². The summed E-state index contributed by atoms with van der Waals surface area (Å²) in [5, 5.41) is 13.3. The minimum Gasteiger partial charge on any atom is -0.392 e. The Morgan fingerprint density at radius 1 is 1.00 bits per heavy atom. The van der Waals surface area contributed by atoms with E-state index >= 15 is 0 Å². The van der Waals surface area contributed by atoms with Crippen LogP contribution in [0.3, 0.4) is 0 Å². The van der Waals surface area contributed by atoms with E-state index < -0.39 is 22.9 Å². The number of anilines is 3. The lowest BCUT2D eigenvalue weighted by atomic mass is 10.2. The second kappa shape index (κ2) is 8.04. The number of hydrogen-bond acceptors (Lipinski definition) is 6. The van der Waals surface area contributed by atoms with Gasteiger partial charge in [0.05, 0.1) is 17.5 Å². The molecule has 0 spiro atoms. The van der Waals surface area contributed by atoms with Crippen LogP contribution in [0.25, 0.3) is 0 Å². The first-order valence-corrected chi connectivity index (χ1v) is 10.4. The fraction of sp³-hybridized carbons (Fsp3) is 0.368. The molecule has 0 bridgehead atoms. The molecule has 0 amide bonds. The maximum absolute atomic E-state index is 14.4. The maximum Gasteiger partial charge on any atom is 0.148 e. The molecule has 8 heteroatoms. The van der Waals surface area contributed by atoms with Crippen LogP contribution in [0.4, 0.5) is 21.5 Å². The molecule has 0 unspecified atom stereocenters. The minimum atomic E-state index is -3.49. The average Bonchev–Trinajstić information content (AvgIpc) is 2.85. The van der Waals surface area contributed by atoms with Crippen LogP contribution in [-0.2, 0) is 0 Å². The molecule has 1 aliphatic rings. The van der Waals surface area contributed by atoms with Crippen molar-refractivity contribution in [3.8, 4) is 0 Å². The van der Waals surface area contributed by atoms with Gasteiger partial charge in [0.1, 0.15) is 11.5 Å². The van der Waals surface area contributed by atoms with Crippen LogP contribution in [0, 0.1) is 5.82 Å². The molecule has 0 saturated carbocycles. The first kappa shape index (κ1) is 19.9. The summed E-state index contributed by atoms with van der Waals surface area (Å²) in [5.74, 6) is -0.532. The van der Waals surface area contributed by atoms with Gasteiger partial charge in [-0.1, -0.05) is 38.1 Å². The molecule has 0 aliphatic carbocycles. The smallest absolute Gasteiger partial charge is 0.148 e. The number of fused-ring (bicyclic) bond motifs is 1. The summed E-state index contributed by atoms with van der Waals surface area (Å²) in [7, 11) is -3.49. The number of aliphatic hydroxyl groups excluding tert-OH is 1. The number of benzene rings is 2. The molecule has 1 aliphatic heterocycles. The highest BCUT2D eigenvalue weighted by Gasteiger charge is 2.42. The van der Waals surface area contributed by atoms with Crippen LogP contribution < -0.4 is 13.9 Å². The zero-order chi connectivity index (χ0) is 19.6. The van der Waals surface area contributed by atoms with Gasteiger partial charge in [-0.25, -0.2) is 8.70 Å². The zero-order valence-electron chi connectivity index (χ0n) is 15.4. The Labute approximate surface area is 160 Å². The Balaban J connectivity index is 1.87. The molecule has 0 aromatic heterocycles. The summed E-state index contributed by atoms with van der Waals surface area (Å²) in [5.41, 5.74) is 1.23. The van der Waals surface area contributed by atoms with Gasteiger partial charge in [0, 0.05) is 19.1 Å². The van der Waals surface area contributed by atoms with Crippen molar-refractivity contribution in [1.82, 2.24) is 5.32 Å². The number of halogens is 1. The van der Waals surface area contributed by atoms with Crippen molar-refractivity contribution in [1.29, 1.82) is 0 Å². The van der Waals surface area contributed by atoms with Gasteiger partial charge in [-0.2, -0.15) is 0 Å². The van der Waals surface area contributed by atoms with E-state index in [0.717, 1.165) is 0 Å². The Hall–Kier alpha value is -1.84. The third-order valence-electron chi connectivity index (χ3n) is 4.41. The third kappa shape index (κ3) is 4.04. The molecule has 0 fully saturated rings. The van der Waals surface area contributed by atoms with Crippen molar-refractivity contribution < 1.29 is 18.6 Å². The number of hydrogen-bond donors (Lipinski definition) is 4. The van der Waals surface area contributed by atoms with E-state index in [1.54, 1.807) is 36.4 Å². The fourth-order valence-corrected chi connectivity index (χ4v) is 4.87. The Kier molecular flexibility index (Phi) is 5.92. The van der Waals surface area contributed by atoms with Crippen LogP contribution >= 0.6 is 11.0 Å². The Morgan fingerprint density at radius 3 is 2.22 bits per heavy atom. The molecule has 0 radical (unpaired) electrons. The van der Waals surface area contributed by atoms with E-state index in [1.165, 1.54) is 20.7 Å². The molecule has 2 aromatic rings. The summed E-state index contributed by atoms with van der Waals surface area (Å²) in [6, 6.07) is 13.3. The zero-order valence-corrected chi connectivity index (χ0v) is 16.2. The first-order valence-electron chi connectivity index (χ1n) is 8.93. The highest BCUT2D eigenvalue weighted by atomic mass is 32.3. The van der Waals surface area contributed by atoms with Gasteiger partial charge < -0.3 is 10.4 Å². The molecular formula is C19H26FN3O3S. The summed E-state index contributed by atoms with van der Waals surface area (Å²) in [6.07, 6.45) is -0.285.